The van der Waals surface area contributed by atoms with E-state index in [9.17, 15) is 23.5 Å². The maximum Gasteiger partial charge on any atom is 1.00 e. The van der Waals surface area contributed by atoms with Crippen LogP contribution in [0.5, 0.6) is 0 Å². The van der Waals surface area contributed by atoms with Crippen LogP contribution < -0.4 is 74.5 Å². The van der Waals surface area contributed by atoms with Crippen LogP contribution in [0.4, 0.5) is 4.39 Å². The zero-order chi connectivity index (χ0) is 25.3. The van der Waals surface area contributed by atoms with Gasteiger partial charge in [0, 0.05) is 41.1 Å². The monoisotopic (exact) mass is 550 g/mol. The molecular formula is C24H18FN6Na2O4P. The van der Waals surface area contributed by atoms with Crippen molar-refractivity contribution in [3.05, 3.63) is 89.2 Å². The molecule has 5 aromatic rings. The molecule has 0 saturated heterocycles. The average molecular weight is 550 g/mol. The molecule has 0 aliphatic carbocycles. The summed E-state index contributed by atoms with van der Waals surface area (Å²) in [5.41, 5.74) is 4.23. The van der Waals surface area contributed by atoms with Crippen molar-refractivity contribution in [3.63, 3.8) is 0 Å². The maximum absolute atomic E-state index is 13.5. The molecule has 0 spiro atoms. The van der Waals surface area contributed by atoms with Gasteiger partial charge in [-0.25, -0.2) is 9.37 Å². The van der Waals surface area contributed by atoms with Gasteiger partial charge in [-0.2, -0.15) is 0 Å². The van der Waals surface area contributed by atoms with Gasteiger partial charge in [0.25, 0.3) is 0 Å². The largest absolute Gasteiger partial charge is 1.00 e. The van der Waals surface area contributed by atoms with Crippen LogP contribution in [0, 0.1) is 5.82 Å². The van der Waals surface area contributed by atoms with Crippen molar-refractivity contribution < 1.29 is 77.9 Å². The summed E-state index contributed by atoms with van der Waals surface area (Å²) in [4.78, 5) is 44.2. The molecule has 14 heteroatoms. The van der Waals surface area contributed by atoms with Crippen molar-refractivity contribution in [2.75, 3.05) is 6.16 Å². The van der Waals surface area contributed by atoms with Gasteiger partial charge >= 0.3 is 59.1 Å². The number of aromatic nitrogens is 6. The predicted octanol–water partition coefficient (Wildman–Crippen LogP) is -3.58. The van der Waals surface area contributed by atoms with Crippen molar-refractivity contribution in [2.45, 2.75) is 6.54 Å². The molecule has 0 saturated carbocycles. The van der Waals surface area contributed by atoms with Crippen LogP contribution in [0.1, 0.15) is 0 Å². The van der Waals surface area contributed by atoms with Crippen LogP contribution >= 0.6 is 7.60 Å². The van der Waals surface area contributed by atoms with Crippen molar-refractivity contribution in [1.82, 2.24) is 29.9 Å². The van der Waals surface area contributed by atoms with Gasteiger partial charge in [-0.15, -0.1) is 5.10 Å². The van der Waals surface area contributed by atoms with Crippen LogP contribution in [-0.4, -0.2) is 36.1 Å². The van der Waals surface area contributed by atoms with Gasteiger partial charge in [-0.05, 0) is 36.5 Å². The molecule has 0 aliphatic heterocycles. The third-order valence-corrected chi connectivity index (χ3v) is 6.23. The summed E-state index contributed by atoms with van der Waals surface area (Å²) in [5, 5.41) is 7.90. The second-order valence-electron chi connectivity index (χ2n) is 8.04. The number of halogens is 1. The number of hydrogen-bond donors (Lipinski definition) is 2. The third kappa shape index (κ3) is 7.26. The van der Waals surface area contributed by atoms with Gasteiger partial charge in [-0.3, -0.25) is 9.48 Å². The number of benzene rings is 2. The predicted molar refractivity (Wildman–Crippen MR) is 127 cm³/mol. The molecule has 2 aromatic carbocycles. The number of aryl methyl sites for hydroxylation is 1. The second kappa shape index (κ2) is 12.8. The van der Waals surface area contributed by atoms with Gasteiger partial charge in [0.2, 0.25) is 5.56 Å². The van der Waals surface area contributed by atoms with E-state index in [1.165, 1.54) is 29.1 Å². The van der Waals surface area contributed by atoms with Crippen molar-refractivity contribution in [2.24, 2.45) is 0 Å². The number of aromatic amines is 2. The molecule has 0 fully saturated rings. The Morgan fingerprint density at radius 3 is 2.24 bits per heavy atom. The molecule has 0 bridgehead atoms. The van der Waals surface area contributed by atoms with E-state index in [0.29, 0.717) is 34.0 Å². The van der Waals surface area contributed by atoms with Gasteiger partial charge in [0.05, 0.1) is 17.6 Å². The number of imidazole rings is 1. The molecule has 0 atom stereocenters. The van der Waals surface area contributed by atoms with E-state index < -0.39 is 13.8 Å². The molecule has 2 N–H and O–H groups in total. The summed E-state index contributed by atoms with van der Waals surface area (Å²) in [6.45, 7) is -0.0704. The Morgan fingerprint density at radius 1 is 0.921 bits per heavy atom. The minimum atomic E-state index is -4.62. The minimum Gasteiger partial charge on any atom is -0.811 e. The molecule has 3 heterocycles. The van der Waals surface area contributed by atoms with Crippen molar-refractivity contribution in [1.29, 1.82) is 0 Å². The molecule has 0 amide bonds. The first-order valence-corrected chi connectivity index (χ1v) is 12.5. The number of pyridine rings is 1. The van der Waals surface area contributed by atoms with Crippen LogP contribution in [0.25, 0.3) is 45.2 Å². The van der Waals surface area contributed by atoms with E-state index in [1.807, 2.05) is 24.3 Å². The molecular weight excluding hydrogens is 532 g/mol. The smallest absolute Gasteiger partial charge is 0.811 e. The summed E-state index contributed by atoms with van der Waals surface area (Å²) >= 11 is 0. The fourth-order valence-electron chi connectivity index (χ4n) is 3.70. The fourth-order valence-corrected chi connectivity index (χ4v) is 4.15. The zero-order valence-corrected chi connectivity index (χ0v) is 25.5. The van der Waals surface area contributed by atoms with Crippen molar-refractivity contribution in [3.8, 4) is 45.2 Å². The number of rotatable bonds is 7. The number of nitrogens with one attached hydrogen (secondary N) is 2. The van der Waals surface area contributed by atoms with E-state index in [1.54, 1.807) is 24.4 Å². The molecule has 182 valence electrons. The van der Waals surface area contributed by atoms with Crippen LogP contribution in [0.15, 0.2) is 77.9 Å². The molecule has 38 heavy (non-hydrogen) atoms. The molecule has 3 aromatic heterocycles. The van der Waals surface area contributed by atoms with Gasteiger partial charge < -0.3 is 24.3 Å². The van der Waals surface area contributed by atoms with E-state index in [2.05, 4.69) is 20.3 Å². The van der Waals surface area contributed by atoms with Crippen LogP contribution in [-0.2, 0) is 11.1 Å². The second-order valence-corrected chi connectivity index (χ2v) is 9.71. The first-order valence-electron chi connectivity index (χ1n) is 10.8. The van der Waals surface area contributed by atoms with Crippen LogP contribution in [0.3, 0.4) is 0 Å². The first kappa shape index (κ1) is 30.4. The Balaban J connectivity index is 0.00000200. The summed E-state index contributed by atoms with van der Waals surface area (Å²) in [7, 11) is -4.62. The maximum atomic E-state index is 13.5. The Hall–Kier alpha value is -2.18. The van der Waals surface area contributed by atoms with Gasteiger partial charge in [0.15, 0.2) is 0 Å². The average Bonchev–Trinajstić information content (AvgIpc) is 3.51. The van der Waals surface area contributed by atoms with E-state index in [4.69, 9.17) is 4.98 Å². The van der Waals surface area contributed by atoms with E-state index >= 15 is 0 Å². The Bertz CT molecular complexity index is 1630. The summed E-state index contributed by atoms with van der Waals surface area (Å²) < 4.78 is 25.7. The quantitative estimate of drug-likeness (QED) is 0.157. The van der Waals surface area contributed by atoms with Crippen LogP contribution in [0.2, 0.25) is 0 Å². The fraction of sp³-hybridized carbons (Fsp3) is 0.0833. The standard InChI is InChI=1S/C24H20FN6O4P.2Na/c25-19-7-5-16(6-8-19)22-23(18-9-10-26-21(32)13-18)28-24(27-22)17-3-1-15(2-4-17)20-14-31(30-29-20)11-12-36(33,34)35;;/h1-10,13-14H,11-12H2,(H,26,32)(H,27,28)(H2,33,34,35);;/q;2*+1/p-2. The normalized spacial score (nSPS) is 11.0. The molecule has 0 aliphatic rings. The molecule has 0 unspecified atom stereocenters. The van der Waals surface area contributed by atoms with Gasteiger partial charge in [0.1, 0.15) is 17.3 Å². The van der Waals surface area contributed by atoms with Crippen molar-refractivity contribution >= 4 is 7.60 Å². The Kier molecular flexibility index (Phi) is 10.2. The Labute approximate surface area is 260 Å². The summed E-state index contributed by atoms with van der Waals surface area (Å²) in [6.07, 6.45) is 2.56. The Morgan fingerprint density at radius 2 is 1.58 bits per heavy atom. The minimum absolute atomic E-state index is 0. The summed E-state index contributed by atoms with van der Waals surface area (Å²) in [5.74, 6) is 0.181. The summed E-state index contributed by atoms with van der Waals surface area (Å²) in [6, 6.07) is 16.4. The molecule has 10 nitrogen and oxygen atoms in total. The SMILES string of the molecule is O=c1cc(-c2nc(-c3ccc(-c4cn(CCP(=O)([O-])[O-])nn4)cc3)[nH]c2-c2ccc(F)cc2)cc[nH]1.[Na+].[Na+]. The first-order chi connectivity index (χ1) is 17.2. The third-order valence-electron chi connectivity index (χ3n) is 5.48. The van der Waals surface area contributed by atoms with E-state index in [0.717, 1.165) is 11.1 Å². The molecule has 0 radical (unpaired) electrons. The molecule has 5 rings (SSSR count). The van der Waals surface area contributed by atoms with E-state index in [-0.39, 0.29) is 77.0 Å². The zero-order valence-electron chi connectivity index (χ0n) is 20.6. The number of hydrogen-bond acceptors (Lipinski definition) is 7. The number of H-pyrrole nitrogens is 2. The topological polar surface area (TPSA) is 155 Å². The number of nitrogens with zero attached hydrogens (tertiary/aromatic N) is 4. The van der Waals surface area contributed by atoms with Gasteiger partial charge in [-0.1, -0.05) is 37.1 Å².